The van der Waals surface area contributed by atoms with Crippen molar-refractivity contribution >= 4 is 33.2 Å². The van der Waals surface area contributed by atoms with Crippen molar-refractivity contribution in [1.82, 2.24) is 9.88 Å². The van der Waals surface area contributed by atoms with Gasteiger partial charge in [0.1, 0.15) is 11.6 Å². The van der Waals surface area contributed by atoms with Gasteiger partial charge in [-0.3, -0.25) is 9.59 Å². The molecule has 0 atom stereocenters. The average molecular weight is 493 g/mol. The fraction of sp³-hybridized carbons (Fsp3) is 0.269. The first-order valence-corrected chi connectivity index (χ1v) is 13.2. The fourth-order valence-electron chi connectivity index (χ4n) is 3.99. The number of anilines is 2. The lowest BCUT2D eigenvalue weighted by atomic mass is 10.1. The summed E-state index contributed by atoms with van der Waals surface area (Å²) in [6.07, 6.45) is 1.75. The maximum Gasteiger partial charge on any atom is 0.253 e. The zero-order chi connectivity index (χ0) is 24.8. The Labute approximate surface area is 205 Å². The molecule has 8 nitrogen and oxygen atoms in total. The summed E-state index contributed by atoms with van der Waals surface area (Å²) in [6.45, 7) is 4.38. The first-order valence-electron chi connectivity index (χ1n) is 11.4. The zero-order valence-electron chi connectivity index (χ0n) is 19.6. The van der Waals surface area contributed by atoms with Gasteiger partial charge in [0.2, 0.25) is 5.91 Å². The third-order valence-corrected chi connectivity index (χ3v) is 7.26. The molecule has 0 unspecified atom stereocenters. The van der Waals surface area contributed by atoms with Crippen LogP contribution in [0.5, 0.6) is 0 Å². The molecule has 0 saturated carbocycles. The molecule has 1 aliphatic rings. The zero-order valence-corrected chi connectivity index (χ0v) is 20.4. The number of nitrogens with zero attached hydrogens (tertiary/aromatic N) is 3. The monoisotopic (exact) mass is 492 g/mol. The van der Waals surface area contributed by atoms with Crippen molar-refractivity contribution in [2.45, 2.75) is 12.7 Å². The molecular formula is C26H28N4O4S. The van der Waals surface area contributed by atoms with E-state index in [0.29, 0.717) is 43.0 Å². The normalized spacial score (nSPS) is 14.0. The lowest BCUT2D eigenvalue weighted by molar-refractivity contribution is -0.113. The van der Waals surface area contributed by atoms with E-state index in [1.165, 1.54) is 0 Å². The van der Waals surface area contributed by atoms with Crippen LogP contribution in [-0.4, -0.2) is 62.0 Å². The number of carbonyl (C=O) groups is 2. The smallest absolute Gasteiger partial charge is 0.253 e. The Balaban J connectivity index is 1.34. The number of hydrogen-bond donors (Lipinski definition) is 1. The summed E-state index contributed by atoms with van der Waals surface area (Å²) in [4.78, 5) is 33.6. The average Bonchev–Trinajstić information content (AvgIpc) is 2.85. The number of rotatable bonds is 7. The maximum absolute atomic E-state index is 13.0. The third kappa shape index (κ3) is 6.66. The largest absolute Gasteiger partial charge is 0.353 e. The van der Waals surface area contributed by atoms with Crippen LogP contribution in [-0.2, 0) is 20.4 Å². The number of sulfone groups is 1. The molecule has 9 heteroatoms. The van der Waals surface area contributed by atoms with E-state index < -0.39 is 21.5 Å². The minimum Gasteiger partial charge on any atom is -0.353 e. The predicted octanol–water partition coefficient (Wildman–Crippen LogP) is 2.91. The molecule has 3 aromatic rings. The molecule has 1 N–H and O–H groups in total. The molecule has 1 fully saturated rings. The Morgan fingerprint density at radius 3 is 2.37 bits per heavy atom. The number of benzene rings is 2. The van der Waals surface area contributed by atoms with Gasteiger partial charge in [0, 0.05) is 43.6 Å². The van der Waals surface area contributed by atoms with E-state index in [1.807, 2.05) is 37.3 Å². The van der Waals surface area contributed by atoms with Crippen LogP contribution in [0.4, 0.5) is 11.5 Å². The Morgan fingerprint density at radius 1 is 0.943 bits per heavy atom. The molecule has 35 heavy (non-hydrogen) atoms. The molecule has 182 valence electrons. The number of pyridine rings is 1. The van der Waals surface area contributed by atoms with Gasteiger partial charge >= 0.3 is 0 Å². The van der Waals surface area contributed by atoms with Crippen molar-refractivity contribution in [2.24, 2.45) is 0 Å². The van der Waals surface area contributed by atoms with Gasteiger partial charge in [-0.15, -0.1) is 0 Å². The van der Waals surface area contributed by atoms with Crippen LogP contribution in [0, 0.1) is 6.92 Å². The Kier molecular flexibility index (Phi) is 7.45. The quantitative estimate of drug-likeness (QED) is 0.545. The van der Waals surface area contributed by atoms with Crippen LogP contribution >= 0.6 is 0 Å². The van der Waals surface area contributed by atoms with Gasteiger partial charge in [-0.2, -0.15) is 0 Å². The van der Waals surface area contributed by atoms with E-state index in [0.717, 1.165) is 11.4 Å². The number of aryl methyl sites for hydroxylation is 1. The summed E-state index contributed by atoms with van der Waals surface area (Å²) in [5, 5.41) is 2.61. The van der Waals surface area contributed by atoms with Gasteiger partial charge in [-0.25, -0.2) is 13.4 Å². The Bertz CT molecular complexity index is 1290. The summed E-state index contributed by atoms with van der Waals surface area (Å²) < 4.78 is 25.3. The maximum atomic E-state index is 13.0. The lowest BCUT2D eigenvalue weighted by Gasteiger charge is -2.35. The van der Waals surface area contributed by atoms with Crippen molar-refractivity contribution < 1.29 is 18.0 Å². The number of amides is 2. The minimum absolute atomic E-state index is 0.137. The fourth-order valence-corrected chi connectivity index (χ4v) is 5.26. The van der Waals surface area contributed by atoms with Gasteiger partial charge < -0.3 is 15.1 Å². The standard InChI is InChI=1S/C26H28N4O4S/c1-20-8-10-23(11-9-20)28-25(31)19-35(33,34)18-21-5-4-6-22(17-21)26(32)30-15-13-29(14-16-30)24-7-2-3-12-27-24/h2-12,17H,13-16,18-19H2,1H3,(H,28,31). The molecule has 0 radical (unpaired) electrons. The topological polar surface area (TPSA) is 99.7 Å². The van der Waals surface area contributed by atoms with Gasteiger partial charge in [0.25, 0.3) is 5.91 Å². The van der Waals surface area contributed by atoms with Gasteiger partial charge in [-0.1, -0.05) is 35.9 Å². The molecule has 1 aromatic heterocycles. The highest BCUT2D eigenvalue weighted by atomic mass is 32.2. The van der Waals surface area contributed by atoms with Crippen molar-refractivity contribution in [3.05, 3.63) is 89.6 Å². The van der Waals surface area contributed by atoms with E-state index in [-0.39, 0.29) is 11.7 Å². The van der Waals surface area contributed by atoms with E-state index in [4.69, 9.17) is 0 Å². The molecular weight excluding hydrogens is 464 g/mol. The molecule has 0 aliphatic carbocycles. The number of nitrogens with one attached hydrogen (secondary N) is 1. The van der Waals surface area contributed by atoms with Crippen LogP contribution in [0.15, 0.2) is 72.9 Å². The molecule has 2 aromatic carbocycles. The van der Waals surface area contributed by atoms with E-state index >= 15 is 0 Å². The third-order valence-electron chi connectivity index (χ3n) is 5.79. The lowest BCUT2D eigenvalue weighted by Crippen LogP contribution is -2.49. The first kappa shape index (κ1) is 24.4. The van der Waals surface area contributed by atoms with Gasteiger partial charge in [0.15, 0.2) is 9.84 Å². The Morgan fingerprint density at radius 2 is 1.69 bits per heavy atom. The number of carbonyl (C=O) groups excluding carboxylic acids is 2. The predicted molar refractivity (Wildman–Crippen MR) is 136 cm³/mol. The van der Waals surface area contributed by atoms with E-state index in [1.54, 1.807) is 47.5 Å². The summed E-state index contributed by atoms with van der Waals surface area (Å²) in [5.41, 5.74) is 2.51. The highest BCUT2D eigenvalue weighted by Crippen LogP contribution is 2.17. The highest BCUT2D eigenvalue weighted by Gasteiger charge is 2.24. The second-order valence-corrected chi connectivity index (χ2v) is 10.7. The number of aromatic nitrogens is 1. The summed E-state index contributed by atoms with van der Waals surface area (Å²) in [7, 11) is -3.72. The van der Waals surface area contributed by atoms with Gasteiger partial charge in [-0.05, 0) is 48.9 Å². The molecule has 2 amide bonds. The minimum atomic E-state index is -3.72. The molecule has 0 bridgehead atoms. The van der Waals surface area contributed by atoms with Crippen LogP contribution in [0.1, 0.15) is 21.5 Å². The van der Waals surface area contributed by atoms with Crippen LogP contribution in [0.25, 0.3) is 0 Å². The number of hydrogen-bond acceptors (Lipinski definition) is 6. The van der Waals surface area contributed by atoms with Crippen LogP contribution < -0.4 is 10.2 Å². The van der Waals surface area contributed by atoms with Crippen molar-refractivity contribution in [2.75, 3.05) is 42.1 Å². The second-order valence-electron chi connectivity index (χ2n) is 8.61. The van der Waals surface area contributed by atoms with Crippen LogP contribution in [0.2, 0.25) is 0 Å². The number of piperazine rings is 1. The molecule has 2 heterocycles. The molecule has 1 aliphatic heterocycles. The highest BCUT2D eigenvalue weighted by molar-refractivity contribution is 7.91. The molecule has 0 spiro atoms. The SMILES string of the molecule is Cc1ccc(NC(=O)CS(=O)(=O)Cc2cccc(C(=O)N3CCN(c4ccccn4)CC3)c2)cc1. The van der Waals surface area contributed by atoms with Crippen molar-refractivity contribution in [3.63, 3.8) is 0 Å². The van der Waals surface area contributed by atoms with Crippen molar-refractivity contribution in [3.8, 4) is 0 Å². The van der Waals surface area contributed by atoms with Gasteiger partial charge in [0.05, 0.1) is 5.75 Å². The van der Waals surface area contributed by atoms with Crippen LogP contribution in [0.3, 0.4) is 0 Å². The second kappa shape index (κ2) is 10.7. The summed E-state index contributed by atoms with van der Waals surface area (Å²) in [6, 6.07) is 19.5. The summed E-state index contributed by atoms with van der Waals surface area (Å²) >= 11 is 0. The molecule has 1 saturated heterocycles. The first-order chi connectivity index (χ1) is 16.8. The van der Waals surface area contributed by atoms with E-state index in [9.17, 15) is 18.0 Å². The van der Waals surface area contributed by atoms with Crippen molar-refractivity contribution in [1.29, 1.82) is 0 Å². The molecule has 4 rings (SSSR count). The van der Waals surface area contributed by atoms with E-state index in [2.05, 4.69) is 15.2 Å². The summed E-state index contributed by atoms with van der Waals surface area (Å²) in [5.74, 6) is -0.788. The Hall–Kier alpha value is -3.72.